The SMILES string of the molecule is Cc1ccc(NC(=O)NN2CC(=O)NC2=O)cc1Cl. The highest BCUT2D eigenvalue weighted by atomic mass is 35.5. The van der Waals surface area contributed by atoms with Crippen LogP contribution in [-0.4, -0.2) is 29.5 Å². The lowest BCUT2D eigenvalue weighted by atomic mass is 10.2. The summed E-state index contributed by atoms with van der Waals surface area (Å²) in [4.78, 5) is 33.7. The molecular formula is C11H11ClN4O3. The largest absolute Gasteiger partial charge is 0.343 e. The summed E-state index contributed by atoms with van der Waals surface area (Å²) in [5, 5.41) is 5.94. The summed E-state index contributed by atoms with van der Waals surface area (Å²) in [5.74, 6) is -0.469. The molecule has 3 N–H and O–H groups in total. The van der Waals surface area contributed by atoms with Gasteiger partial charge in [0.25, 0.3) is 0 Å². The number of urea groups is 2. The van der Waals surface area contributed by atoms with Crippen molar-refractivity contribution in [3.63, 3.8) is 0 Å². The van der Waals surface area contributed by atoms with E-state index in [0.717, 1.165) is 10.6 Å². The van der Waals surface area contributed by atoms with Crippen molar-refractivity contribution in [1.29, 1.82) is 0 Å². The van der Waals surface area contributed by atoms with Crippen molar-refractivity contribution in [1.82, 2.24) is 15.8 Å². The fraction of sp³-hybridized carbons (Fsp3) is 0.182. The molecule has 1 aromatic rings. The third-order valence-corrected chi connectivity index (χ3v) is 2.87. The van der Waals surface area contributed by atoms with Gasteiger partial charge in [0.2, 0.25) is 5.91 Å². The van der Waals surface area contributed by atoms with Crippen LogP contribution < -0.4 is 16.1 Å². The monoisotopic (exact) mass is 282 g/mol. The third-order valence-electron chi connectivity index (χ3n) is 2.46. The summed E-state index contributed by atoms with van der Waals surface area (Å²) in [6, 6.07) is 3.72. The zero-order valence-corrected chi connectivity index (χ0v) is 10.7. The number of halogens is 1. The van der Waals surface area contributed by atoms with Crippen molar-refractivity contribution in [2.24, 2.45) is 0 Å². The highest BCUT2D eigenvalue weighted by molar-refractivity contribution is 6.31. The molecule has 8 heteroatoms. The molecule has 1 aliphatic heterocycles. The summed E-state index contributed by atoms with van der Waals surface area (Å²) in [6.45, 7) is 1.63. The molecule has 0 spiro atoms. The molecule has 7 nitrogen and oxygen atoms in total. The zero-order chi connectivity index (χ0) is 14.0. The van der Waals surface area contributed by atoms with Gasteiger partial charge in [-0.2, -0.15) is 0 Å². The minimum absolute atomic E-state index is 0.207. The van der Waals surface area contributed by atoms with E-state index >= 15 is 0 Å². The molecule has 100 valence electrons. The molecule has 1 fully saturated rings. The molecule has 0 aromatic heterocycles. The van der Waals surface area contributed by atoms with Crippen molar-refractivity contribution in [2.45, 2.75) is 6.92 Å². The second-order valence-electron chi connectivity index (χ2n) is 3.97. The number of hydrazine groups is 1. The third kappa shape index (κ3) is 3.14. The normalized spacial score (nSPS) is 14.3. The molecule has 5 amide bonds. The zero-order valence-electron chi connectivity index (χ0n) is 9.99. The van der Waals surface area contributed by atoms with Gasteiger partial charge in [0.05, 0.1) is 0 Å². The molecule has 0 aliphatic carbocycles. The Morgan fingerprint density at radius 3 is 2.74 bits per heavy atom. The van der Waals surface area contributed by atoms with Crippen LogP contribution in [0.4, 0.5) is 15.3 Å². The van der Waals surface area contributed by atoms with Crippen LogP contribution in [0.1, 0.15) is 5.56 Å². The topological polar surface area (TPSA) is 90.5 Å². The van der Waals surface area contributed by atoms with Crippen LogP contribution in [0, 0.1) is 6.92 Å². The first-order valence-corrected chi connectivity index (χ1v) is 5.78. The van der Waals surface area contributed by atoms with E-state index in [9.17, 15) is 14.4 Å². The molecule has 0 atom stereocenters. The Kier molecular flexibility index (Phi) is 3.57. The lowest BCUT2D eigenvalue weighted by molar-refractivity contribution is -0.118. The Bertz CT molecular complexity index is 561. The number of benzene rings is 1. The van der Waals surface area contributed by atoms with Crippen LogP contribution in [0.5, 0.6) is 0 Å². The van der Waals surface area contributed by atoms with Gasteiger partial charge < -0.3 is 5.32 Å². The highest BCUT2D eigenvalue weighted by Crippen LogP contribution is 2.19. The summed E-state index contributed by atoms with van der Waals surface area (Å²) >= 11 is 5.92. The van der Waals surface area contributed by atoms with Gasteiger partial charge >= 0.3 is 12.1 Å². The molecule has 0 saturated carbocycles. The lowest BCUT2D eigenvalue weighted by Crippen LogP contribution is -2.46. The van der Waals surface area contributed by atoms with Gasteiger partial charge in [-0.25, -0.2) is 20.0 Å². The Balaban J connectivity index is 1.96. The highest BCUT2D eigenvalue weighted by Gasteiger charge is 2.28. The molecule has 0 radical (unpaired) electrons. The maximum atomic E-state index is 11.6. The van der Waals surface area contributed by atoms with E-state index in [2.05, 4.69) is 10.7 Å². The Hall–Kier alpha value is -2.28. The molecule has 1 saturated heterocycles. The minimum Gasteiger partial charge on any atom is -0.307 e. The average Bonchev–Trinajstić information content (AvgIpc) is 2.62. The average molecular weight is 283 g/mol. The van der Waals surface area contributed by atoms with Crippen LogP contribution in [0.3, 0.4) is 0 Å². The number of carbonyl (C=O) groups excluding carboxylic acids is 3. The number of hydrogen-bond donors (Lipinski definition) is 3. The molecular weight excluding hydrogens is 272 g/mol. The maximum Gasteiger partial charge on any atom is 0.343 e. The predicted molar refractivity (Wildman–Crippen MR) is 68.6 cm³/mol. The Morgan fingerprint density at radius 1 is 1.42 bits per heavy atom. The van der Waals surface area contributed by atoms with Crippen molar-refractivity contribution in [2.75, 3.05) is 11.9 Å². The maximum absolute atomic E-state index is 11.6. The van der Waals surface area contributed by atoms with Gasteiger partial charge in [-0.3, -0.25) is 10.1 Å². The fourth-order valence-electron chi connectivity index (χ4n) is 1.48. The van der Waals surface area contributed by atoms with Gasteiger partial charge in [0, 0.05) is 10.7 Å². The minimum atomic E-state index is -0.665. The number of nitrogens with one attached hydrogen (secondary N) is 3. The van der Waals surface area contributed by atoms with E-state index in [1.54, 1.807) is 18.2 Å². The first-order valence-electron chi connectivity index (χ1n) is 5.41. The molecule has 1 aromatic carbocycles. The fourth-order valence-corrected chi connectivity index (χ4v) is 1.66. The molecule has 0 unspecified atom stereocenters. The van der Waals surface area contributed by atoms with Crippen molar-refractivity contribution in [3.8, 4) is 0 Å². The number of carbonyl (C=O) groups is 3. The van der Waals surface area contributed by atoms with Crippen molar-refractivity contribution in [3.05, 3.63) is 28.8 Å². The summed E-state index contributed by atoms with van der Waals surface area (Å²) in [6.07, 6.45) is 0. The quantitative estimate of drug-likeness (QED) is 0.713. The lowest BCUT2D eigenvalue weighted by Gasteiger charge is -2.15. The number of hydrogen-bond acceptors (Lipinski definition) is 3. The summed E-state index contributed by atoms with van der Waals surface area (Å²) < 4.78 is 0. The second-order valence-corrected chi connectivity index (χ2v) is 4.38. The molecule has 19 heavy (non-hydrogen) atoms. The second kappa shape index (κ2) is 5.15. The number of anilines is 1. The standard InChI is InChI=1S/C11H11ClN4O3/c1-6-2-3-7(4-8(6)12)13-10(18)15-16-5-9(17)14-11(16)19/h2-4H,5H2,1H3,(H2,13,15,18)(H,14,17,19). The van der Waals surface area contributed by atoms with E-state index in [0.29, 0.717) is 10.7 Å². The van der Waals surface area contributed by atoms with Gasteiger partial charge in [-0.15, -0.1) is 0 Å². The summed E-state index contributed by atoms with van der Waals surface area (Å²) in [5.41, 5.74) is 3.62. The van der Waals surface area contributed by atoms with Crippen molar-refractivity contribution < 1.29 is 14.4 Å². The van der Waals surface area contributed by atoms with E-state index < -0.39 is 18.0 Å². The number of rotatable bonds is 2. The number of imide groups is 1. The van der Waals surface area contributed by atoms with Gasteiger partial charge in [0.1, 0.15) is 6.54 Å². The molecule has 1 heterocycles. The number of amides is 5. The smallest absolute Gasteiger partial charge is 0.307 e. The molecule has 1 aliphatic rings. The van der Waals surface area contributed by atoms with Crippen LogP contribution in [0.2, 0.25) is 5.02 Å². The van der Waals surface area contributed by atoms with Crippen molar-refractivity contribution >= 4 is 35.3 Å². The van der Waals surface area contributed by atoms with Crippen LogP contribution in [0.25, 0.3) is 0 Å². The van der Waals surface area contributed by atoms with E-state index in [-0.39, 0.29) is 6.54 Å². The first kappa shape index (κ1) is 13.2. The molecule has 2 rings (SSSR count). The van der Waals surface area contributed by atoms with E-state index in [1.165, 1.54) is 0 Å². The van der Waals surface area contributed by atoms with Gasteiger partial charge in [0.15, 0.2) is 0 Å². The first-order chi connectivity index (χ1) is 8.95. The van der Waals surface area contributed by atoms with Crippen LogP contribution >= 0.6 is 11.6 Å². The van der Waals surface area contributed by atoms with Crippen LogP contribution in [0.15, 0.2) is 18.2 Å². The predicted octanol–water partition coefficient (Wildman–Crippen LogP) is 1.24. The number of nitrogens with zero attached hydrogens (tertiary/aromatic N) is 1. The summed E-state index contributed by atoms with van der Waals surface area (Å²) in [7, 11) is 0. The van der Waals surface area contributed by atoms with Gasteiger partial charge in [-0.1, -0.05) is 17.7 Å². The van der Waals surface area contributed by atoms with E-state index in [1.807, 2.05) is 12.2 Å². The van der Waals surface area contributed by atoms with Crippen LogP contribution in [-0.2, 0) is 4.79 Å². The Morgan fingerprint density at radius 2 is 2.16 bits per heavy atom. The Labute approximate surface area is 113 Å². The number of aryl methyl sites for hydroxylation is 1. The molecule has 0 bridgehead atoms. The van der Waals surface area contributed by atoms with Gasteiger partial charge in [-0.05, 0) is 24.6 Å². The van der Waals surface area contributed by atoms with E-state index in [4.69, 9.17) is 11.6 Å².